The molecule has 0 aliphatic rings. The lowest BCUT2D eigenvalue weighted by Crippen LogP contribution is -2.30. The number of hydrogen-bond donors (Lipinski definition) is 1. The van der Waals surface area contributed by atoms with Crippen molar-refractivity contribution in [3.63, 3.8) is 0 Å². The molecular formula is C16H20N2S. The molecule has 2 nitrogen and oxygen atoms in total. The second-order valence-electron chi connectivity index (χ2n) is 4.47. The molecule has 100 valence electrons. The predicted molar refractivity (Wildman–Crippen MR) is 84.9 cm³/mol. The van der Waals surface area contributed by atoms with Crippen molar-refractivity contribution in [3.8, 4) is 0 Å². The Hall–Kier alpha value is -1.45. The SMILES string of the molecule is CSc1ccc(C(CN)N(C)c2ccccc2)cc1. The van der Waals surface area contributed by atoms with Gasteiger partial charge < -0.3 is 10.6 Å². The van der Waals surface area contributed by atoms with Crippen LogP contribution in [0.2, 0.25) is 0 Å². The molecule has 2 aromatic carbocycles. The number of likely N-dealkylation sites (N-methyl/N-ethyl adjacent to an activating group) is 1. The minimum Gasteiger partial charge on any atom is -0.366 e. The molecule has 0 aromatic heterocycles. The highest BCUT2D eigenvalue weighted by molar-refractivity contribution is 7.98. The van der Waals surface area contributed by atoms with Crippen LogP contribution in [-0.4, -0.2) is 19.8 Å². The topological polar surface area (TPSA) is 29.3 Å². The maximum absolute atomic E-state index is 5.97. The van der Waals surface area contributed by atoms with Crippen molar-refractivity contribution < 1.29 is 0 Å². The largest absolute Gasteiger partial charge is 0.366 e. The highest BCUT2D eigenvalue weighted by Gasteiger charge is 2.15. The third-order valence-electron chi connectivity index (χ3n) is 3.35. The molecule has 1 atom stereocenters. The van der Waals surface area contributed by atoms with E-state index in [9.17, 15) is 0 Å². The van der Waals surface area contributed by atoms with Gasteiger partial charge in [0.1, 0.15) is 0 Å². The Morgan fingerprint density at radius 2 is 1.68 bits per heavy atom. The number of anilines is 1. The van der Waals surface area contributed by atoms with Crippen molar-refractivity contribution in [3.05, 3.63) is 60.2 Å². The molecule has 0 bridgehead atoms. The first-order valence-corrected chi connectivity index (χ1v) is 7.60. The third kappa shape index (κ3) is 3.31. The van der Waals surface area contributed by atoms with Crippen LogP contribution in [0.4, 0.5) is 5.69 Å². The summed E-state index contributed by atoms with van der Waals surface area (Å²) in [5.74, 6) is 0. The van der Waals surface area contributed by atoms with Gasteiger partial charge in [0.15, 0.2) is 0 Å². The van der Waals surface area contributed by atoms with Gasteiger partial charge in [-0.25, -0.2) is 0 Å². The van der Waals surface area contributed by atoms with Crippen LogP contribution >= 0.6 is 11.8 Å². The molecule has 3 heteroatoms. The molecule has 2 aromatic rings. The van der Waals surface area contributed by atoms with E-state index in [2.05, 4.69) is 66.7 Å². The fraction of sp³-hybridized carbons (Fsp3) is 0.250. The van der Waals surface area contributed by atoms with E-state index >= 15 is 0 Å². The smallest absolute Gasteiger partial charge is 0.0661 e. The fourth-order valence-electron chi connectivity index (χ4n) is 2.19. The molecule has 2 N–H and O–H groups in total. The molecule has 0 spiro atoms. The quantitative estimate of drug-likeness (QED) is 0.844. The van der Waals surface area contributed by atoms with Gasteiger partial charge in [-0.05, 0) is 36.1 Å². The summed E-state index contributed by atoms with van der Waals surface area (Å²) >= 11 is 1.76. The van der Waals surface area contributed by atoms with Crippen LogP contribution in [0, 0.1) is 0 Å². The minimum atomic E-state index is 0.207. The van der Waals surface area contributed by atoms with Gasteiger partial charge in [0.2, 0.25) is 0 Å². The number of para-hydroxylation sites is 1. The zero-order chi connectivity index (χ0) is 13.7. The Morgan fingerprint density at radius 3 is 2.21 bits per heavy atom. The molecule has 0 fully saturated rings. The van der Waals surface area contributed by atoms with Crippen LogP contribution in [0.1, 0.15) is 11.6 Å². The fourth-order valence-corrected chi connectivity index (χ4v) is 2.60. The van der Waals surface area contributed by atoms with E-state index in [1.165, 1.54) is 16.1 Å². The summed E-state index contributed by atoms with van der Waals surface area (Å²) in [7, 11) is 2.09. The van der Waals surface area contributed by atoms with Crippen molar-refractivity contribution in [2.45, 2.75) is 10.9 Å². The zero-order valence-corrected chi connectivity index (χ0v) is 12.2. The summed E-state index contributed by atoms with van der Waals surface area (Å²) in [5.41, 5.74) is 8.41. The van der Waals surface area contributed by atoms with Crippen molar-refractivity contribution in [1.82, 2.24) is 0 Å². The molecule has 0 saturated heterocycles. The van der Waals surface area contributed by atoms with E-state index in [1.54, 1.807) is 11.8 Å². The molecular weight excluding hydrogens is 252 g/mol. The van der Waals surface area contributed by atoms with E-state index < -0.39 is 0 Å². The van der Waals surface area contributed by atoms with E-state index in [-0.39, 0.29) is 6.04 Å². The van der Waals surface area contributed by atoms with Gasteiger partial charge in [0.05, 0.1) is 6.04 Å². The average Bonchev–Trinajstić information content (AvgIpc) is 2.49. The number of nitrogens with two attached hydrogens (primary N) is 1. The van der Waals surface area contributed by atoms with Crippen LogP contribution in [0.3, 0.4) is 0 Å². The Balaban J connectivity index is 2.23. The van der Waals surface area contributed by atoms with E-state index in [4.69, 9.17) is 5.73 Å². The highest BCUT2D eigenvalue weighted by atomic mass is 32.2. The van der Waals surface area contributed by atoms with Crippen molar-refractivity contribution >= 4 is 17.4 Å². The van der Waals surface area contributed by atoms with Crippen LogP contribution in [0.5, 0.6) is 0 Å². The Kier molecular flexibility index (Phi) is 4.88. The molecule has 0 amide bonds. The van der Waals surface area contributed by atoms with Crippen molar-refractivity contribution in [1.29, 1.82) is 0 Å². The van der Waals surface area contributed by atoms with Crippen molar-refractivity contribution in [2.75, 3.05) is 24.7 Å². The molecule has 2 rings (SSSR count). The predicted octanol–water partition coefficient (Wildman–Crippen LogP) is 3.54. The van der Waals surface area contributed by atoms with Gasteiger partial charge >= 0.3 is 0 Å². The summed E-state index contributed by atoms with van der Waals surface area (Å²) in [6.07, 6.45) is 2.09. The highest BCUT2D eigenvalue weighted by Crippen LogP contribution is 2.26. The summed E-state index contributed by atoms with van der Waals surface area (Å²) in [6, 6.07) is 19.2. The lowest BCUT2D eigenvalue weighted by atomic mass is 10.1. The number of rotatable bonds is 5. The van der Waals surface area contributed by atoms with E-state index in [1.807, 2.05) is 6.07 Å². The standard InChI is InChI=1S/C16H20N2S/c1-18(14-6-4-3-5-7-14)16(12-17)13-8-10-15(19-2)11-9-13/h3-11,16H,12,17H2,1-2H3. The lowest BCUT2D eigenvalue weighted by Gasteiger charge is -2.29. The second-order valence-corrected chi connectivity index (χ2v) is 5.35. The molecule has 0 heterocycles. The minimum absolute atomic E-state index is 0.207. The summed E-state index contributed by atoms with van der Waals surface area (Å²) in [5, 5.41) is 0. The molecule has 19 heavy (non-hydrogen) atoms. The van der Waals surface area contributed by atoms with Gasteiger partial charge in [0, 0.05) is 24.2 Å². The first-order chi connectivity index (χ1) is 9.26. The Bertz CT molecular complexity index is 496. The van der Waals surface area contributed by atoms with Gasteiger partial charge in [0.25, 0.3) is 0 Å². The summed E-state index contributed by atoms with van der Waals surface area (Å²) < 4.78 is 0. The van der Waals surface area contributed by atoms with Crippen molar-refractivity contribution in [2.24, 2.45) is 5.73 Å². The van der Waals surface area contributed by atoms with E-state index in [0.717, 1.165) is 0 Å². The van der Waals surface area contributed by atoms with Crippen LogP contribution in [0.25, 0.3) is 0 Å². The summed E-state index contributed by atoms with van der Waals surface area (Å²) in [4.78, 5) is 3.51. The van der Waals surface area contributed by atoms with Gasteiger partial charge in [-0.1, -0.05) is 30.3 Å². The first-order valence-electron chi connectivity index (χ1n) is 6.38. The number of thioether (sulfide) groups is 1. The first kappa shape index (κ1) is 14.0. The number of nitrogens with zero attached hydrogens (tertiary/aromatic N) is 1. The lowest BCUT2D eigenvalue weighted by molar-refractivity contribution is 0.680. The second kappa shape index (κ2) is 6.64. The van der Waals surface area contributed by atoms with Gasteiger partial charge in [-0.15, -0.1) is 11.8 Å². The molecule has 0 saturated carbocycles. The number of hydrogen-bond acceptors (Lipinski definition) is 3. The van der Waals surface area contributed by atoms with Gasteiger partial charge in [-0.3, -0.25) is 0 Å². The Labute approximate surface area is 119 Å². The number of benzene rings is 2. The molecule has 1 unspecified atom stereocenters. The maximum Gasteiger partial charge on any atom is 0.0661 e. The average molecular weight is 272 g/mol. The summed E-state index contributed by atoms with van der Waals surface area (Å²) in [6.45, 7) is 0.601. The zero-order valence-electron chi connectivity index (χ0n) is 11.4. The normalized spacial score (nSPS) is 12.2. The van der Waals surface area contributed by atoms with Crippen LogP contribution in [-0.2, 0) is 0 Å². The third-order valence-corrected chi connectivity index (χ3v) is 4.10. The van der Waals surface area contributed by atoms with Crippen LogP contribution < -0.4 is 10.6 Å². The molecule has 0 radical (unpaired) electrons. The molecule has 0 aliphatic heterocycles. The molecule has 0 aliphatic carbocycles. The van der Waals surface area contributed by atoms with Crippen LogP contribution in [0.15, 0.2) is 59.5 Å². The Morgan fingerprint density at radius 1 is 1.05 bits per heavy atom. The van der Waals surface area contributed by atoms with Gasteiger partial charge in [-0.2, -0.15) is 0 Å². The monoisotopic (exact) mass is 272 g/mol. The van der Waals surface area contributed by atoms with E-state index in [0.29, 0.717) is 6.54 Å². The maximum atomic E-state index is 5.97.